The van der Waals surface area contributed by atoms with Crippen molar-refractivity contribution in [2.75, 3.05) is 13.1 Å². The number of halogens is 1. The number of carbonyl (C=O) groups is 1. The molecule has 1 saturated heterocycles. The number of likely N-dealkylation sites (tertiary alicyclic amines) is 1. The second-order valence-corrected chi connectivity index (χ2v) is 4.40. The summed E-state index contributed by atoms with van der Waals surface area (Å²) in [5.41, 5.74) is 6.00. The van der Waals surface area contributed by atoms with Crippen LogP contribution in [0.15, 0.2) is 18.2 Å². The maximum atomic E-state index is 12.0. The molecule has 4 nitrogen and oxygen atoms in total. The summed E-state index contributed by atoms with van der Waals surface area (Å²) in [4.78, 5) is 13.6. The Morgan fingerprint density at radius 3 is 2.88 bits per heavy atom. The molecule has 1 aliphatic heterocycles. The van der Waals surface area contributed by atoms with Gasteiger partial charge >= 0.3 is 0 Å². The highest BCUT2D eigenvalue weighted by atomic mass is 35.5. The van der Waals surface area contributed by atoms with Crippen molar-refractivity contribution in [3.8, 4) is 5.75 Å². The van der Waals surface area contributed by atoms with Crippen LogP contribution in [0.4, 0.5) is 0 Å². The minimum absolute atomic E-state index is 0.0402. The number of nitrogens with two attached hydrogens (primary N) is 1. The number of hydrogen-bond acceptors (Lipinski definition) is 3. The van der Waals surface area contributed by atoms with Crippen LogP contribution in [0, 0.1) is 0 Å². The number of aromatic hydroxyl groups is 1. The lowest BCUT2D eigenvalue weighted by atomic mass is 10.2. The summed E-state index contributed by atoms with van der Waals surface area (Å²) in [6.45, 7) is 1.18. The second kappa shape index (κ2) is 4.31. The number of carbonyl (C=O) groups excluding carboxylic acids is 1. The third-order valence-corrected chi connectivity index (χ3v) is 2.94. The topological polar surface area (TPSA) is 66.6 Å². The molecule has 1 amide bonds. The molecule has 0 radical (unpaired) electrons. The van der Waals surface area contributed by atoms with Gasteiger partial charge in [-0.25, -0.2) is 0 Å². The van der Waals surface area contributed by atoms with Crippen LogP contribution in [0.2, 0.25) is 5.02 Å². The lowest BCUT2D eigenvalue weighted by molar-refractivity contribution is 0.0788. The zero-order chi connectivity index (χ0) is 11.7. The van der Waals surface area contributed by atoms with Crippen LogP contribution in [0.25, 0.3) is 0 Å². The van der Waals surface area contributed by atoms with E-state index < -0.39 is 0 Å². The standard InChI is InChI=1S/C11H13ClN2O2/c12-7-1-2-9(10(15)5-7)11(16)14-4-3-8(13)6-14/h1-2,5,8,15H,3-4,6,13H2. The van der Waals surface area contributed by atoms with Crippen LogP contribution < -0.4 is 5.73 Å². The minimum atomic E-state index is -0.192. The fourth-order valence-electron chi connectivity index (χ4n) is 1.83. The van der Waals surface area contributed by atoms with E-state index in [0.717, 1.165) is 6.42 Å². The summed E-state index contributed by atoms with van der Waals surface area (Å²) < 4.78 is 0. The Kier molecular flexibility index (Phi) is 3.03. The number of rotatable bonds is 1. The molecule has 1 heterocycles. The van der Waals surface area contributed by atoms with Crippen LogP contribution in [-0.4, -0.2) is 35.0 Å². The number of amides is 1. The Balaban J connectivity index is 2.21. The Labute approximate surface area is 98.6 Å². The van der Waals surface area contributed by atoms with Gasteiger partial charge in [-0.05, 0) is 24.6 Å². The smallest absolute Gasteiger partial charge is 0.257 e. The predicted molar refractivity (Wildman–Crippen MR) is 61.6 cm³/mol. The zero-order valence-electron chi connectivity index (χ0n) is 8.69. The molecule has 5 heteroatoms. The van der Waals surface area contributed by atoms with E-state index in [2.05, 4.69) is 0 Å². The molecule has 1 aromatic carbocycles. The molecule has 1 unspecified atom stereocenters. The molecule has 0 spiro atoms. The molecule has 1 aromatic rings. The van der Waals surface area contributed by atoms with Crippen molar-refractivity contribution >= 4 is 17.5 Å². The van der Waals surface area contributed by atoms with Crippen molar-refractivity contribution in [3.05, 3.63) is 28.8 Å². The first-order valence-corrected chi connectivity index (χ1v) is 5.49. The van der Waals surface area contributed by atoms with Crippen LogP contribution in [-0.2, 0) is 0 Å². The lowest BCUT2D eigenvalue weighted by Gasteiger charge is -2.16. The highest BCUT2D eigenvalue weighted by Gasteiger charge is 2.25. The molecular weight excluding hydrogens is 228 g/mol. The van der Waals surface area contributed by atoms with Gasteiger partial charge in [0.2, 0.25) is 0 Å². The zero-order valence-corrected chi connectivity index (χ0v) is 9.44. The van der Waals surface area contributed by atoms with Crippen LogP contribution >= 0.6 is 11.6 Å². The first kappa shape index (κ1) is 11.2. The van der Waals surface area contributed by atoms with Gasteiger partial charge in [0, 0.05) is 24.2 Å². The van der Waals surface area contributed by atoms with Gasteiger partial charge in [0.1, 0.15) is 5.75 Å². The Bertz CT molecular complexity index is 422. The number of nitrogens with zero attached hydrogens (tertiary/aromatic N) is 1. The van der Waals surface area contributed by atoms with Crippen molar-refractivity contribution in [2.24, 2.45) is 5.73 Å². The summed E-state index contributed by atoms with van der Waals surface area (Å²) in [6, 6.07) is 4.53. The average Bonchev–Trinajstić information content (AvgIpc) is 2.64. The molecule has 86 valence electrons. The maximum absolute atomic E-state index is 12.0. The van der Waals surface area contributed by atoms with Crippen LogP contribution in [0.1, 0.15) is 16.8 Å². The van der Waals surface area contributed by atoms with E-state index in [4.69, 9.17) is 17.3 Å². The summed E-state index contributed by atoms with van der Waals surface area (Å²) >= 11 is 5.70. The molecule has 0 saturated carbocycles. The Morgan fingerprint density at radius 2 is 2.31 bits per heavy atom. The summed E-state index contributed by atoms with van der Waals surface area (Å²) in [5, 5.41) is 10.0. The van der Waals surface area contributed by atoms with E-state index in [-0.39, 0.29) is 23.3 Å². The van der Waals surface area contributed by atoms with E-state index in [1.54, 1.807) is 11.0 Å². The van der Waals surface area contributed by atoms with Gasteiger partial charge in [0.15, 0.2) is 0 Å². The van der Waals surface area contributed by atoms with Gasteiger partial charge in [-0.1, -0.05) is 11.6 Å². The molecule has 3 N–H and O–H groups in total. The number of phenols is 1. The fourth-order valence-corrected chi connectivity index (χ4v) is 1.99. The number of benzene rings is 1. The number of hydrogen-bond donors (Lipinski definition) is 2. The third-order valence-electron chi connectivity index (χ3n) is 2.70. The van der Waals surface area contributed by atoms with E-state index in [9.17, 15) is 9.90 Å². The molecule has 1 atom stereocenters. The van der Waals surface area contributed by atoms with Gasteiger partial charge in [-0.3, -0.25) is 4.79 Å². The second-order valence-electron chi connectivity index (χ2n) is 3.96. The quantitative estimate of drug-likeness (QED) is 0.776. The summed E-state index contributed by atoms with van der Waals surface area (Å²) in [6.07, 6.45) is 0.806. The molecule has 2 rings (SSSR count). The molecule has 1 aliphatic rings. The van der Waals surface area contributed by atoms with Crippen molar-refractivity contribution in [1.82, 2.24) is 4.90 Å². The number of phenolic OH excluding ortho intramolecular Hbond substituents is 1. The Morgan fingerprint density at radius 1 is 1.56 bits per heavy atom. The molecule has 0 aromatic heterocycles. The van der Waals surface area contributed by atoms with E-state index in [1.165, 1.54) is 12.1 Å². The van der Waals surface area contributed by atoms with Crippen LogP contribution in [0.3, 0.4) is 0 Å². The molecule has 1 fully saturated rings. The van der Waals surface area contributed by atoms with Gasteiger partial charge < -0.3 is 15.7 Å². The van der Waals surface area contributed by atoms with Crippen molar-refractivity contribution in [3.63, 3.8) is 0 Å². The summed E-state index contributed by atoms with van der Waals surface area (Å²) in [5.74, 6) is -0.278. The van der Waals surface area contributed by atoms with Gasteiger partial charge in [0.05, 0.1) is 5.56 Å². The van der Waals surface area contributed by atoms with Gasteiger partial charge in [0.25, 0.3) is 5.91 Å². The molecule has 0 bridgehead atoms. The predicted octanol–water partition coefficient (Wildman–Crippen LogP) is 1.22. The first-order chi connectivity index (χ1) is 7.58. The first-order valence-electron chi connectivity index (χ1n) is 5.11. The fraction of sp³-hybridized carbons (Fsp3) is 0.364. The minimum Gasteiger partial charge on any atom is -0.507 e. The third kappa shape index (κ3) is 2.13. The Hall–Kier alpha value is -1.26. The van der Waals surface area contributed by atoms with E-state index in [1.807, 2.05) is 0 Å². The molecular formula is C11H13ClN2O2. The monoisotopic (exact) mass is 240 g/mol. The molecule has 0 aliphatic carbocycles. The highest BCUT2D eigenvalue weighted by Crippen LogP contribution is 2.24. The SMILES string of the molecule is NC1CCN(C(=O)c2ccc(Cl)cc2O)C1. The molecule has 16 heavy (non-hydrogen) atoms. The van der Waals surface area contributed by atoms with Crippen molar-refractivity contribution < 1.29 is 9.90 Å². The largest absolute Gasteiger partial charge is 0.507 e. The average molecular weight is 241 g/mol. The maximum Gasteiger partial charge on any atom is 0.257 e. The van der Waals surface area contributed by atoms with E-state index >= 15 is 0 Å². The van der Waals surface area contributed by atoms with Gasteiger partial charge in [-0.15, -0.1) is 0 Å². The van der Waals surface area contributed by atoms with Crippen molar-refractivity contribution in [1.29, 1.82) is 0 Å². The van der Waals surface area contributed by atoms with Gasteiger partial charge in [-0.2, -0.15) is 0 Å². The highest BCUT2D eigenvalue weighted by molar-refractivity contribution is 6.30. The van der Waals surface area contributed by atoms with Crippen LogP contribution in [0.5, 0.6) is 5.75 Å². The summed E-state index contributed by atoms with van der Waals surface area (Å²) in [7, 11) is 0. The van der Waals surface area contributed by atoms with Crippen molar-refractivity contribution in [2.45, 2.75) is 12.5 Å². The normalized spacial score (nSPS) is 20.1. The van der Waals surface area contributed by atoms with E-state index in [0.29, 0.717) is 18.1 Å². The lowest BCUT2D eigenvalue weighted by Crippen LogP contribution is -2.31.